The molecule has 0 atom stereocenters. The molecular weight excluding hydrogens is 659 g/mol. The number of rotatable bonds is 7. The fourth-order valence-electron chi connectivity index (χ4n) is 7.45. The second kappa shape index (κ2) is 14.5. The minimum Gasteiger partial charge on any atom is -0.456 e. The minimum absolute atomic E-state index is 0.406. The summed E-state index contributed by atoms with van der Waals surface area (Å²) >= 11 is 0. The maximum Gasteiger partial charge on any atom is 0.161 e. The molecule has 0 N–H and O–H groups in total. The molecular formula is C50H35N3O. The first-order valence-electron chi connectivity index (χ1n) is 18.1. The molecule has 1 aromatic heterocycles. The van der Waals surface area contributed by atoms with Crippen LogP contribution >= 0.6 is 0 Å². The van der Waals surface area contributed by atoms with Crippen LogP contribution in [0.1, 0.15) is 16.7 Å². The monoisotopic (exact) mass is 693 g/mol. The number of nitrogens with zero attached hydrogens (tertiary/aromatic N) is 3. The lowest BCUT2D eigenvalue weighted by molar-refractivity contribution is 0.669. The van der Waals surface area contributed by atoms with Gasteiger partial charge in [0.05, 0.1) is 6.54 Å². The van der Waals surface area contributed by atoms with Crippen LogP contribution in [0.3, 0.4) is 0 Å². The van der Waals surface area contributed by atoms with E-state index in [1.54, 1.807) is 0 Å². The highest BCUT2D eigenvalue weighted by Gasteiger charge is 2.20. The van der Waals surface area contributed by atoms with Crippen molar-refractivity contribution in [3.63, 3.8) is 0 Å². The topological polar surface area (TPSA) is 50.2 Å². The largest absolute Gasteiger partial charge is 0.456 e. The van der Waals surface area contributed by atoms with Crippen molar-refractivity contribution in [3.8, 4) is 33.4 Å². The minimum atomic E-state index is 0.406. The summed E-state index contributed by atoms with van der Waals surface area (Å²) in [6.45, 7) is 4.33. The highest BCUT2D eigenvalue weighted by atomic mass is 16.3. The van der Waals surface area contributed by atoms with E-state index in [4.69, 9.17) is 14.4 Å². The quantitative estimate of drug-likeness (QED) is 0.121. The summed E-state index contributed by atoms with van der Waals surface area (Å²) in [7, 11) is 0. The molecule has 0 saturated carbocycles. The van der Waals surface area contributed by atoms with Crippen LogP contribution in [0.2, 0.25) is 0 Å². The van der Waals surface area contributed by atoms with Gasteiger partial charge < -0.3 is 4.42 Å². The standard InChI is InChI=1S/C50H35N3O/c1-51-49(36-21-9-4-10-22-36)53-50(52-33-37-31-32-40(35-19-7-3-8-20-35)41-25-13-12-24-39(37)41)44-28-16-30-46-48(44)47-43(27-15-29-45(47)54-46)42-26-14-11-23-38(42)34-17-5-2-6-18-34/h2-32H,1,33H2/b52-50-,53-49-. The highest BCUT2D eigenvalue weighted by molar-refractivity contribution is 6.24. The van der Waals surface area contributed by atoms with E-state index < -0.39 is 0 Å². The first-order valence-corrected chi connectivity index (χ1v) is 18.1. The Bertz CT molecular complexity index is 2850. The number of aliphatic imine (C=N–C) groups is 3. The van der Waals surface area contributed by atoms with Crippen LogP contribution in [-0.2, 0) is 6.54 Å². The van der Waals surface area contributed by atoms with Crippen molar-refractivity contribution in [2.75, 3.05) is 0 Å². The van der Waals surface area contributed by atoms with Gasteiger partial charge >= 0.3 is 0 Å². The average Bonchev–Trinajstić information content (AvgIpc) is 3.64. The maximum atomic E-state index is 6.60. The molecule has 0 aliphatic carbocycles. The predicted molar refractivity (Wildman–Crippen MR) is 227 cm³/mol. The lowest BCUT2D eigenvalue weighted by atomic mass is 9.91. The summed E-state index contributed by atoms with van der Waals surface area (Å²) < 4.78 is 6.60. The van der Waals surface area contributed by atoms with E-state index in [1.165, 1.54) is 16.5 Å². The van der Waals surface area contributed by atoms with Gasteiger partial charge in [-0.3, -0.25) is 4.99 Å². The molecule has 0 bridgehead atoms. The molecule has 0 aliphatic heterocycles. The van der Waals surface area contributed by atoms with Gasteiger partial charge in [-0.1, -0.05) is 176 Å². The van der Waals surface area contributed by atoms with Gasteiger partial charge in [0.2, 0.25) is 0 Å². The fraction of sp³-hybridized carbons (Fsp3) is 0.0200. The molecule has 54 heavy (non-hydrogen) atoms. The second-order valence-corrected chi connectivity index (χ2v) is 13.2. The van der Waals surface area contributed by atoms with Gasteiger partial charge in [0.1, 0.15) is 11.2 Å². The van der Waals surface area contributed by atoms with Crippen LogP contribution in [0.5, 0.6) is 0 Å². The lowest BCUT2D eigenvalue weighted by Crippen LogP contribution is -2.06. The van der Waals surface area contributed by atoms with Gasteiger partial charge in [0, 0.05) is 21.9 Å². The summed E-state index contributed by atoms with van der Waals surface area (Å²) in [6, 6.07) is 64.8. The van der Waals surface area contributed by atoms with Gasteiger partial charge in [-0.25, -0.2) is 9.98 Å². The molecule has 8 aromatic carbocycles. The molecule has 9 aromatic rings. The van der Waals surface area contributed by atoms with Crippen LogP contribution in [0.25, 0.3) is 66.1 Å². The Morgan fingerprint density at radius 2 is 1.02 bits per heavy atom. The number of fused-ring (bicyclic) bond motifs is 4. The normalized spacial score (nSPS) is 12.1. The first kappa shape index (κ1) is 32.7. The van der Waals surface area contributed by atoms with Crippen LogP contribution in [0, 0.1) is 0 Å². The molecule has 0 spiro atoms. The number of amidine groups is 2. The van der Waals surface area contributed by atoms with Crippen molar-refractivity contribution in [1.82, 2.24) is 0 Å². The van der Waals surface area contributed by atoms with E-state index in [0.717, 1.165) is 66.3 Å². The van der Waals surface area contributed by atoms with Crippen molar-refractivity contribution in [2.24, 2.45) is 15.0 Å². The Morgan fingerprint density at radius 3 is 1.74 bits per heavy atom. The Balaban J connectivity index is 1.26. The summed E-state index contributed by atoms with van der Waals surface area (Å²) in [5.41, 5.74) is 11.3. The maximum absolute atomic E-state index is 6.60. The van der Waals surface area contributed by atoms with E-state index >= 15 is 0 Å². The van der Waals surface area contributed by atoms with Crippen molar-refractivity contribution in [2.45, 2.75) is 6.54 Å². The molecule has 0 unspecified atom stereocenters. The van der Waals surface area contributed by atoms with E-state index in [2.05, 4.69) is 139 Å². The van der Waals surface area contributed by atoms with Crippen LogP contribution in [-0.4, -0.2) is 18.4 Å². The average molecular weight is 694 g/mol. The van der Waals surface area contributed by atoms with Gasteiger partial charge in [0.15, 0.2) is 11.7 Å². The second-order valence-electron chi connectivity index (χ2n) is 13.2. The molecule has 0 amide bonds. The molecule has 0 fully saturated rings. The van der Waals surface area contributed by atoms with Gasteiger partial charge in [-0.05, 0) is 68.6 Å². The zero-order valence-corrected chi connectivity index (χ0v) is 29.6. The van der Waals surface area contributed by atoms with Crippen LogP contribution in [0.4, 0.5) is 0 Å². The third-order valence-electron chi connectivity index (χ3n) is 9.96. The van der Waals surface area contributed by atoms with E-state index in [0.29, 0.717) is 18.2 Å². The first-order chi connectivity index (χ1) is 26.8. The van der Waals surface area contributed by atoms with Crippen molar-refractivity contribution < 1.29 is 4.42 Å². The molecule has 256 valence electrons. The summed E-state index contributed by atoms with van der Waals surface area (Å²) in [6.07, 6.45) is 0. The summed E-state index contributed by atoms with van der Waals surface area (Å²) in [5.74, 6) is 1.05. The zero-order valence-electron chi connectivity index (χ0n) is 29.6. The smallest absolute Gasteiger partial charge is 0.161 e. The van der Waals surface area contributed by atoms with Crippen LogP contribution in [0.15, 0.2) is 207 Å². The third-order valence-corrected chi connectivity index (χ3v) is 9.96. The number of furan rings is 1. The number of hydrogen-bond acceptors (Lipinski definition) is 2. The molecule has 4 nitrogen and oxygen atoms in total. The molecule has 9 rings (SSSR count). The summed E-state index contributed by atoms with van der Waals surface area (Å²) in [5, 5.41) is 4.31. The highest BCUT2D eigenvalue weighted by Crippen LogP contribution is 2.42. The zero-order chi connectivity index (χ0) is 36.3. The number of hydrogen-bond donors (Lipinski definition) is 0. The molecule has 4 heteroatoms. The van der Waals surface area contributed by atoms with Crippen molar-refractivity contribution in [1.29, 1.82) is 0 Å². The number of benzene rings is 8. The van der Waals surface area contributed by atoms with Crippen molar-refractivity contribution in [3.05, 3.63) is 205 Å². The van der Waals surface area contributed by atoms with E-state index in [-0.39, 0.29) is 0 Å². The Labute approximate surface area is 314 Å². The molecule has 0 aliphatic rings. The molecule has 0 radical (unpaired) electrons. The SMILES string of the molecule is C=N/C(=N\C(=N/Cc1ccc(-c2ccccc2)c2ccccc12)c1cccc2oc3cccc(-c4ccccc4-c4ccccc4)c3c12)c1ccccc1. The van der Waals surface area contributed by atoms with Gasteiger partial charge in [0.25, 0.3) is 0 Å². The Morgan fingerprint density at radius 1 is 0.444 bits per heavy atom. The third kappa shape index (κ3) is 6.10. The Hall–Kier alpha value is -7.17. The summed E-state index contributed by atoms with van der Waals surface area (Å²) in [4.78, 5) is 14.9. The predicted octanol–water partition coefficient (Wildman–Crippen LogP) is 12.8. The van der Waals surface area contributed by atoms with Gasteiger partial charge in [-0.2, -0.15) is 0 Å². The molecule has 0 saturated heterocycles. The van der Waals surface area contributed by atoms with Crippen LogP contribution < -0.4 is 0 Å². The fourth-order valence-corrected chi connectivity index (χ4v) is 7.45. The lowest BCUT2D eigenvalue weighted by Gasteiger charge is -2.13. The van der Waals surface area contributed by atoms with Gasteiger partial charge in [-0.15, -0.1) is 0 Å². The van der Waals surface area contributed by atoms with E-state index in [9.17, 15) is 0 Å². The molecule has 1 heterocycles. The Kier molecular flexibility index (Phi) is 8.76. The van der Waals surface area contributed by atoms with Crippen molar-refractivity contribution >= 4 is 51.1 Å². The van der Waals surface area contributed by atoms with E-state index in [1.807, 2.05) is 60.7 Å².